The van der Waals surface area contributed by atoms with Crippen LogP contribution in [0.4, 0.5) is 0 Å². The summed E-state index contributed by atoms with van der Waals surface area (Å²) in [6.07, 6.45) is 56.9. The van der Waals surface area contributed by atoms with Crippen LogP contribution >= 0.6 is 0 Å². The summed E-state index contributed by atoms with van der Waals surface area (Å²) in [5.74, 6) is 0.568. The Balaban J connectivity index is 1.45. The van der Waals surface area contributed by atoms with Crippen LogP contribution < -0.4 is 9.47 Å². The minimum atomic E-state index is -0.677. The van der Waals surface area contributed by atoms with Crippen LogP contribution in [-0.4, -0.2) is 53.4 Å². The third-order valence-electron chi connectivity index (χ3n) is 11.8. The predicted octanol–water partition coefficient (Wildman–Crippen LogP) is 15.9. The van der Waals surface area contributed by atoms with Gasteiger partial charge in [0, 0.05) is 25.5 Å². The quantitative estimate of drug-likeness (QED) is 0.0498. The highest BCUT2D eigenvalue weighted by Gasteiger charge is 2.13. The summed E-state index contributed by atoms with van der Waals surface area (Å²) in [7, 11) is 0. The molecule has 2 rings (SSSR count). The van der Waals surface area contributed by atoms with E-state index in [9.17, 15) is 9.59 Å². The minimum absolute atomic E-state index is 0.309. The van der Waals surface area contributed by atoms with Crippen molar-refractivity contribution in [3.05, 3.63) is 72.4 Å². The summed E-state index contributed by atoms with van der Waals surface area (Å²) >= 11 is 0. The Bertz CT molecular complexity index is 1240. The van der Waals surface area contributed by atoms with Gasteiger partial charge in [-0.3, -0.25) is 14.5 Å². The van der Waals surface area contributed by atoms with Crippen LogP contribution in [0.3, 0.4) is 0 Å². The lowest BCUT2D eigenvalue weighted by Gasteiger charge is -2.17. The van der Waals surface area contributed by atoms with Crippen LogP contribution in [0.1, 0.15) is 224 Å². The van der Waals surface area contributed by atoms with E-state index in [1.807, 2.05) is 0 Å². The third-order valence-corrected chi connectivity index (χ3v) is 11.8. The average molecular weight is 862 g/mol. The third kappa shape index (κ3) is 36.2. The van der Waals surface area contributed by atoms with Crippen molar-refractivity contribution < 1.29 is 29.3 Å². The molecule has 0 aromatic heterocycles. The molecule has 0 unspecified atom stereocenters. The predicted molar refractivity (Wildman–Crippen MR) is 262 cm³/mol. The average Bonchev–Trinajstić information content (AvgIpc) is 3.77. The van der Waals surface area contributed by atoms with Crippen molar-refractivity contribution in [3.8, 4) is 11.5 Å². The second-order valence-corrected chi connectivity index (χ2v) is 17.8. The standard InChI is InChI=1S/C55H91NO6/c57-54(58)41-35-31-27-23-19-15-11-7-3-1-5-9-13-17-21-25-29-33-39-45-61-52-47-51(50-56-43-37-38-44-56)48-53(49-52)62-46-40-34-30-26-22-18-14-10-6-2-4-8-12-16-20-24-28-32-36-42-55(59)60/h1-2,5-8,11-12,47-49H,3-4,9-10,13-46,50H2,(H,57,58)(H,59,60)/b5-1?,6-2?,11-7-,12-8?. The number of carbonyl (C=O) groups is 2. The molecule has 62 heavy (non-hydrogen) atoms. The summed E-state index contributed by atoms with van der Waals surface area (Å²) in [6, 6.07) is 6.58. The van der Waals surface area contributed by atoms with Crippen molar-refractivity contribution in [1.82, 2.24) is 4.90 Å². The Morgan fingerprint density at radius 3 is 1.11 bits per heavy atom. The van der Waals surface area contributed by atoms with Gasteiger partial charge in [-0.2, -0.15) is 0 Å². The van der Waals surface area contributed by atoms with Crippen LogP contribution in [0.15, 0.2) is 66.8 Å². The maximum absolute atomic E-state index is 10.5. The topological polar surface area (TPSA) is 96.3 Å². The number of carboxylic acids is 2. The van der Waals surface area contributed by atoms with E-state index in [0.29, 0.717) is 12.8 Å². The molecule has 7 nitrogen and oxygen atoms in total. The van der Waals surface area contributed by atoms with Crippen molar-refractivity contribution in [3.63, 3.8) is 0 Å². The first-order valence-electron chi connectivity index (χ1n) is 25.7. The van der Waals surface area contributed by atoms with E-state index in [2.05, 4.69) is 71.7 Å². The van der Waals surface area contributed by atoms with Crippen LogP contribution in [0.25, 0.3) is 0 Å². The molecule has 0 amide bonds. The van der Waals surface area contributed by atoms with E-state index in [0.717, 1.165) is 108 Å². The molecule has 0 radical (unpaired) electrons. The van der Waals surface area contributed by atoms with Gasteiger partial charge in [0.2, 0.25) is 0 Å². The van der Waals surface area contributed by atoms with Gasteiger partial charge in [-0.15, -0.1) is 0 Å². The highest BCUT2D eigenvalue weighted by atomic mass is 16.5. The molecular weight excluding hydrogens is 771 g/mol. The first-order valence-corrected chi connectivity index (χ1v) is 25.7. The van der Waals surface area contributed by atoms with E-state index in [1.165, 1.54) is 147 Å². The summed E-state index contributed by atoms with van der Waals surface area (Å²) in [4.78, 5) is 23.6. The number of ether oxygens (including phenoxy) is 2. The molecule has 1 aliphatic heterocycles. The largest absolute Gasteiger partial charge is 0.493 e. The van der Waals surface area contributed by atoms with Gasteiger partial charge in [-0.1, -0.05) is 151 Å². The summed E-state index contributed by atoms with van der Waals surface area (Å²) in [6.45, 7) is 4.91. The zero-order chi connectivity index (χ0) is 44.2. The number of rotatable bonds is 44. The van der Waals surface area contributed by atoms with Crippen molar-refractivity contribution in [2.45, 2.75) is 225 Å². The van der Waals surface area contributed by atoms with Crippen molar-refractivity contribution in [1.29, 1.82) is 0 Å². The number of hydrogen-bond acceptors (Lipinski definition) is 5. The van der Waals surface area contributed by atoms with Crippen molar-refractivity contribution in [2.75, 3.05) is 26.3 Å². The minimum Gasteiger partial charge on any atom is -0.493 e. The summed E-state index contributed by atoms with van der Waals surface area (Å²) in [5, 5.41) is 17.4. The highest BCUT2D eigenvalue weighted by molar-refractivity contribution is 5.66. The van der Waals surface area contributed by atoms with Gasteiger partial charge in [0.05, 0.1) is 13.2 Å². The van der Waals surface area contributed by atoms with Gasteiger partial charge in [0.15, 0.2) is 0 Å². The molecule has 352 valence electrons. The van der Waals surface area contributed by atoms with Gasteiger partial charge >= 0.3 is 11.9 Å². The molecule has 1 aliphatic rings. The molecule has 0 spiro atoms. The van der Waals surface area contributed by atoms with Gasteiger partial charge in [0.25, 0.3) is 0 Å². The van der Waals surface area contributed by atoms with E-state index >= 15 is 0 Å². The molecule has 1 saturated heterocycles. The van der Waals surface area contributed by atoms with Crippen LogP contribution in [0.2, 0.25) is 0 Å². The molecular formula is C55H91NO6. The fourth-order valence-electron chi connectivity index (χ4n) is 8.11. The van der Waals surface area contributed by atoms with Crippen LogP contribution in [0.5, 0.6) is 11.5 Å². The number of allylic oxidation sites excluding steroid dienone is 8. The lowest BCUT2D eigenvalue weighted by Crippen LogP contribution is -2.18. The number of benzene rings is 1. The van der Waals surface area contributed by atoms with Crippen molar-refractivity contribution in [2.24, 2.45) is 0 Å². The number of hydrogen-bond donors (Lipinski definition) is 2. The molecule has 0 saturated carbocycles. The molecule has 1 aromatic carbocycles. The van der Waals surface area contributed by atoms with Gasteiger partial charge in [0.1, 0.15) is 11.5 Å². The lowest BCUT2D eigenvalue weighted by atomic mass is 10.1. The Labute approximate surface area is 379 Å². The summed E-state index contributed by atoms with van der Waals surface area (Å²) in [5.41, 5.74) is 1.31. The van der Waals surface area contributed by atoms with E-state index < -0.39 is 11.9 Å². The molecule has 0 bridgehead atoms. The van der Waals surface area contributed by atoms with E-state index in [4.69, 9.17) is 19.7 Å². The second-order valence-electron chi connectivity index (χ2n) is 17.8. The Hall–Kier alpha value is -3.32. The van der Waals surface area contributed by atoms with E-state index in [-0.39, 0.29) is 0 Å². The fraction of sp³-hybridized carbons (Fsp3) is 0.709. The van der Waals surface area contributed by atoms with Gasteiger partial charge in [-0.05, 0) is 134 Å². The van der Waals surface area contributed by atoms with Gasteiger partial charge in [-0.25, -0.2) is 0 Å². The normalized spacial score (nSPS) is 13.5. The van der Waals surface area contributed by atoms with Gasteiger partial charge < -0.3 is 19.7 Å². The summed E-state index contributed by atoms with van der Waals surface area (Å²) < 4.78 is 12.6. The Morgan fingerprint density at radius 2 is 0.758 bits per heavy atom. The number of unbranched alkanes of at least 4 members (excludes halogenated alkanes) is 24. The molecule has 0 atom stereocenters. The maximum atomic E-state index is 10.5. The number of aliphatic carboxylic acids is 2. The Morgan fingerprint density at radius 1 is 0.435 bits per heavy atom. The highest BCUT2D eigenvalue weighted by Crippen LogP contribution is 2.26. The second kappa shape index (κ2) is 41.7. The zero-order valence-electron chi connectivity index (χ0n) is 39.4. The van der Waals surface area contributed by atoms with E-state index in [1.54, 1.807) is 0 Å². The van der Waals surface area contributed by atoms with Crippen molar-refractivity contribution >= 4 is 11.9 Å². The maximum Gasteiger partial charge on any atom is 0.303 e. The van der Waals surface area contributed by atoms with Crippen LogP contribution in [-0.2, 0) is 16.1 Å². The molecule has 7 heteroatoms. The first kappa shape index (κ1) is 54.8. The molecule has 2 N–H and O–H groups in total. The smallest absolute Gasteiger partial charge is 0.303 e. The molecule has 1 fully saturated rings. The van der Waals surface area contributed by atoms with Crippen LogP contribution in [0, 0.1) is 0 Å². The first-order chi connectivity index (χ1) is 30.5. The number of likely N-dealkylation sites (tertiary alicyclic amines) is 1. The zero-order valence-corrected chi connectivity index (χ0v) is 39.4. The molecule has 0 aliphatic carbocycles. The fourth-order valence-corrected chi connectivity index (χ4v) is 8.11. The number of nitrogens with zero attached hydrogens (tertiary/aromatic N) is 1. The SMILES string of the molecule is O=C(O)CCCCCCCC=CCC=CCCCCCCCCCOc1cc(CN2CCCC2)cc(OCCCCCCCCCC=CC/C=C\CCCCCCCC(=O)O)c1. The molecule has 1 heterocycles. The number of carboxylic acid groups (broad SMARTS) is 2. The Kier molecular flexibility index (Phi) is 36.8. The molecule has 1 aromatic rings. The lowest BCUT2D eigenvalue weighted by molar-refractivity contribution is -0.138. The monoisotopic (exact) mass is 862 g/mol.